The van der Waals surface area contributed by atoms with Crippen molar-refractivity contribution in [2.24, 2.45) is 5.73 Å². The molecule has 2 heterocycles. The molecule has 0 unspecified atom stereocenters. The molecule has 3 aromatic rings. The van der Waals surface area contributed by atoms with Crippen LogP contribution in [0, 0.1) is 13.8 Å². The molecule has 22 heavy (non-hydrogen) atoms. The Morgan fingerprint density at radius 3 is 2.59 bits per heavy atom. The van der Waals surface area contributed by atoms with Crippen molar-refractivity contribution < 1.29 is 0 Å². The molecule has 0 saturated heterocycles. The van der Waals surface area contributed by atoms with Gasteiger partial charge in [-0.05, 0) is 32.4 Å². The Kier molecular flexibility index (Phi) is 4.15. The van der Waals surface area contributed by atoms with Gasteiger partial charge in [-0.3, -0.25) is 4.40 Å². The van der Waals surface area contributed by atoms with Crippen LogP contribution >= 0.6 is 0 Å². The number of nitrogens with two attached hydrogens (primary N) is 1. The van der Waals surface area contributed by atoms with Gasteiger partial charge < -0.3 is 5.73 Å². The lowest BCUT2D eigenvalue weighted by Crippen LogP contribution is -2.08. The zero-order valence-electron chi connectivity index (χ0n) is 13.1. The van der Waals surface area contributed by atoms with E-state index in [1.165, 1.54) is 5.56 Å². The largest absolute Gasteiger partial charge is 0.330 e. The van der Waals surface area contributed by atoms with Crippen LogP contribution in [-0.2, 0) is 12.8 Å². The smallest absolute Gasteiger partial charge is 0.167 e. The number of rotatable bonds is 5. The zero-order chi connectivity index (χ0) is 15.5. The second-order valence-electron chi connectivity index (χ2n) is 5.55. The van der Waals surface area contributed by atoms with Crippen LogP contribution in [0.3, 0.4) is 0 Å². The number of benzene rings is 1. The minimum Gasteiger partial charge on any atom is -0.330 e. The van der Waals surface area contributed by atoms with Gasteiger partial charge in [-0.1, -0.05) is 30.3 Å². The third-order valence-corrected chi connectivity index (χ3v) is 3.92. The standard InChI is InChI=1S/C17H21N5/c1-12-15(11-14-7-4-3-5-8-14)17-21-20-16(9-6-10-18)22(17)13(2)19-12/h3-5,7-8H,6,9-11,18H2,1-2H3. The predicted octanol–water partition coefficient (Wildman–Crippen LogP) is 2.22. The highest BCUT2D eigenvalue weighted by molar-refractivity contribution is 5.52. The summed E-state index contributed by atoms with van der Waals surface area (Å²) < 4.78 is 2.07. The molecule has 0 saturated carbocycles. The summed E-state index contributed by atoms with van der Waals surface area (Å²) >= 11 is 0. The van der Waals surface area contributed by atoms with Crippen molar-refractivity contribution in [2.75, 3.05) is 6.54 Å². The molecule has 5 nitrogen and oxygen atoms in total. The summed E-state index contributed by atoms with van der Waals surface area (Å²) in [5.41, 5.74) is 9.94. The van der Waals surface area contributed by atoms with Crippen molar-refractivity contribution in [1.82, 2.24) is 19.6 Å². The lowest BCUT2D eigenvalue weighted by molar-refractivity contribution is 0.756. The van der Waals surface area contributed by atoms with Crippen molar-refractivity contribution in [3.63, 3.8) is 0 Å². The maximum atomic E-state index is 5.61. The van der Waals surface area contributed by atoms with E-state index >= 15 is 0 Å². The molecule has 0 aliphatic heterocycles. The number of fused-ring (bicyclic) bond motifs is 1. The Bertz CT molecular complexity index is 777. The van der Waals surface area contributed by atoms with Gasteiger partial charge in [0, 0.05) is 24.1 Å². The van der Waals surface area contributed by atoms with E-state index in [0.717, 1.165) is 47.8 Å². The topological polar surface area (TPSA) is 69.1 Å². The summed E-state index contributed by atoms with van der Waals surface area (Å²) in [5.74, 6) is 1.88. The Hall–Kier alpha value is -2.27. The second-order valence-corrected chi connectivity index (χ2v) is 5.55. The Morgan fingerprint density at radius 2 is 1.86 bits per heavy atom. The first-order valence-electron chi connectivity index (χ1n) is 7.64. The molecular weight excluding hydrogens is 274 g/mol. The van der Waals surface area contributed by atoms with E-state index in [2.05, 4.69) is 38.9 Å². The van der Waals surface area contributed by atoms with E-state index < -0.39 is 0 Å². The fourth-order valence-electron chi connectivity index (χ4n) is 2.80. The summed E-state index contributed by atoms with van der Waals surface area (Å²) in [6.07, 6.45) is 2.55. The van der Waals surface area contributed by atoms with Gasteiger partial charge in [-0.25, -0.2) is 4.98 Å². The van der Waals surface area contributed by atoms with E-state index in [4.69, 9.17) is 10.7 Å². The highest BCUT2D eigenvalue weighted by Crippen LogP contribution is 2.19. The molecule has 2 N–H and O–H groups in total. The van der Waals surface area contributed by atoms with Crippen molar-refractivity contribution in [2.45, 2.75) is 33.1 Å². The first-order chi connectivity index (χ1) is 10.7. The van der Waals surface area contributed by atoms with Crippen molar-refractivity contribution in [3.05, 3.63) is 58.8 Å². The number of aromatic nitrogens is 4. The number of hydrogen-bond donors (Lipinski definition) is 1. The summed E-state index contributed by atoms with van der Waals surface area (Å²) in [6, 6.07) is 10.4. The maximum absolute atomic E-state index is 5.61. The Balaban J connectivity index is 2.08. The quantitative estimate of drug-likeness (QED) is 0.783. The number of hydrogen-bond acceptors (Lipinski definition) is 4. The fourth-order valence-corrected chi connectivity index (χ4v) is 2.80. The van der Waals surface area contributed by atoms with E-state index in [1.807, 2.05) is 19.9 Å². The normalized spacial score (nSPS) is 11.2. The molecule has 0 aliphatic rings. The van der Waals surface area contributed by atoms with Crippen LogP contribution < -0.4 is 5.73 Å². The van der Waals surface area contributed by atoms with Crippen LogP contribution in [0.15, 0.2) is 30.3 Å². The van der Waals surface area contributed by atoms with Crippen LogP contribution in [0.4, 0.5) is 0 Å². The van der Waals surface area contributed by atoms with Crippen LogP contribution in [0.5, 0.6) is 0 Å². The van der Waals surface area contributed by atoms with Gasteiger partial charge in [0.2, 0.25) is 0 Å². The van der Waals surface area contributed by atoms with Gasteiger partial charge in [0.05, 0.1) is 0 Å². The van der Waals surface area contributed by atoms with Crippen molar-refractivity contribution in [1.29, 1.82) is 0 Å². The van der Waals surface area contributed by atoms with Gasteiger partial charge in [0.15, 0.2) is 5.65 Å². The zero-order valence-corrected chi connectivity index (χ0v) is 13.1. The molecule has 114 valence electrons. The first-order valence-corrected chi connectivity index (χ1v) is 7.64. The van der Waals surface area contributed by atoms with E-state index in [0.29, 0.717) is 6.54 Å². The molecular formula is C17H21N5. The second kappa shape index (κ2) is 6.23. The van der Waals surface area contributed by atoms with Gasteiger partial charge in [-0.2, -0.15) is 0 Å². The van der Waals surface area contributed by atoms with Gasteiger partial charge >= 0.3 is 0 Å². The minimum absolute atomic E-state index is 0.657. The predicted molar refractivity (Wildman–Crippen MR) is 86.9 cm³/mol. The summed E-state index contributed by atoms with van der Waals surface area (Å²) in [4.78, 5) is 4.69. The first kappa shape index (κ1) is 14.7. The SMILES string of the molecule is Cc1nc(C)n2c(CCCN)nnc2c1Cc1ccccc1. The third kappa shape index (κ3) is 2.72. The van der Waals surface area contributed by atoms with Crippen LogP contribution in [-0.4, -0.2) is 26.1 Å². The van der Waals surface area contributed by atoms with E-state index in [-0.39, 0.29) is 0 Å². The third-order valence-electron chi connectivity index (χ3n) is 3.92. The minimum atomic E-state index is 0.657. The van der Waals surface area contributed by atoms with Crippen LogP contribution in [0.1, 0.15) is 34.9 Å². The van der Waals surface area contributed by atoms with Crippen molar-refractivity contribution >= 4 is 5.65 Å². The van der Waals surface area contributed by atoms with E-state index in [9.17, 15) is 0 Å². The monoisotopic (exact) mass is 295 g/mol. The average molecular weight is 295 g/mol. The number of aryl methyl sites for hydroxylation is 3. The van der Waals surface area contributed by atoms with Crippen LogP contribution in [0.2, 0.25) is 0 Å². The molecule has 0 aliphatic carbocycles. The summed E-state index contributed by atoms with van der Waals surface area (Å²) in [6.45, 7) is 4.70. The number of nitrogens with zero attached hydrogens (tertiary/aromatic N) is 4. The summed E-state index contributed by atoms with van der Waals surface area (Å²) in [7, 11) is 0. The lowest BCUT2D eigenvalue weighted by atomic mass is 10.0. The molecule has 0 amide bonds. The Labute approximate surface area is 130 Å². The molecule has 1 aromatic carbocycles. The molecule has 2 aromatic heterocycles. The Morgan fingerprint density at radius 1 is 1.09 bits per heavy atom. The van der Waals surface area contributed by atoms with Gasteiger partial charge in [0.1, 0.15) is 11.6 Å². The molecule has 0 atom stereocenters. The van der Waals surface area contributed by atoms with E-state index in [1.54, 1.807) is 0 Å². The van der Waals surface area contributed by atoms with Crippen molar-refractivity contribution in [3.8, 4) is 0 Å². The maximum Gasteiger partial charge on any atom is 0.167 e. The van der Waals surface area contributed by atoms with Gasteiger partial charge in [-0.15, -0.1) is 10.2 Å². The molecule has 0 fully saturated rings. The average Bonchev–Trinajstić information content (AvgIpc) is 2.94. The molecule has 0 bridgehead atoms. The van der Waals surface area contributed by atoms with Crippen LogP contribution in [0.25, 0.3) is 5.65 Å². The van der Waals surface area contributed by atoms with Gasteiger partial charge in [0.25, 0.3) is 0 Å². The highest BCUT2D eigenvalue weighted by Gasteiger charge is 2.15. The highest BCUT2D eigenvalue weighted by atomic mass is 15.3. The molecule has 0 spiro atoms. The lowest BCUT2D eigenvalue weighted by Gasteiger charge is -2.10. The summed E-state index contributed by atoms with van der Waals surface area (Å²) in [5, 5.41) is 8.78. The fraction of sp³-hybridized carbons (Fsp3) is 0.353. The molecule has 5 heteroatoms. The molecule has 0 radical (unpaired) electrons. The molecule has 3 rings (SSSR count).